The van der Waals surface area contributed by atoms with E-state index in [1.807, 2.05) is 6.08 Å². The van der Waals surface area contributed by atoms with E-state index < -0.39 is 0 Å². The van der Waals surface area contributed by atoms with E-state index in [4.69, 9.17) is 0 Å². The van der Waals surface area contributed by atoms with Gasteiger partial charge >= 0.3 is 0 Å². The summed E-state index contributed by atoms with van der Waals surface area (Å²) in [4.78, 5) is 23.7. The standard InChI is InChI=1S/C15H24O2/c1-15(2,3)11-13(16)10-12-8-6-4-5-7-9-14(12)17/h8H,4-7,9-11H2,1-3H3/b12-8-. The zero-order chi connectivity index (χ0) is 12.9. The summed E-state index contributed by atoms with van der Waals surface area (Å²) in [5, 5.41) is 0. The molecule has 0 atom stereocenters. The largest absolute Gasteiger partial charge is 0.299 e. The molecule has 0 saturated carbocycles. The van der Waals surface area contributed by atoms with Gasteiger partial charge in [0.15, 0.2) is 5.78 Å². The molecule has 0 saturated heterocycles. The van der Waals surface area contributed by atoms with Crippen molar-refractivity contribution in [3.8, 4) is 0 Å². The van der Waals surface area contributed by atoms with Gasteiger partial charge in [0.25, 0.3) is 0 Å². The molecule has 17 heavy (non-hydrogen) atoms. The SMILES string of the molecule is CC(C)(C)CC(=O)C/C1=C/CCCCCC1=O. The Morgan fingerprint density at radius 2 is 1.94 bits per heavy atom. The summed E-state index contributed by atoms with van der Waals surface area (Å²) in [6, 6.07) is 0. The fourth-order valence-electron chi connectivity index (χ4n) is 2.19. The summed E-state index contributed by atoms with van der Waals surface area (Å²) in [5.41, 5.74) is 0.779. The molecule has 1 rings (SSSR count). The van der Waals surface area contributed by atoms with Crippen LogP contribution >= 0.6 is 0 Å². The fourth-order valence-corrected chi connectivity index (χ4v) is 2.19. The number of rotatable bonds is 3. The Hall–Kier alpha value is -0.920. The van der Waals surface area contributed by atoms with Crippen molar-refractivity contribution in [3.63, 3.8) is 0 Å². The van der Waals surface area contributed by atoms with Crippen LogP contribution in [0.2, 0.25) is 0 Å². The van der Waals surface area contributed by atoms with E-state index in [9.17, 15) is 9.59 Å². The van der Waals surface area contributed by atoms with Gasteiger partial charge in [0.1, 0.15) is 5.78 Å². The van der Waals surface area contributed by atoms with Crippen LogP contribution in [-0.2, 0) is 9.59 Å². The number of carbonyl (C=O) groups excluding carboxylic acids is 2. The maximum absolute atomic E-state index is 11.9. The third kappa shape index (κ3) is 5.81. The van der Waals surface area contributed by atoms with Gasteiger partial charge in [0.05, 0.1) is 0 Å². The lowest BCUT2D eigenvalue weighted by molar-refractivity contribution is -0.122. The summed E-state index contributed by atoms with van der Waals surface area (Å²) in [7, 11) is 0. The molecule has 0 aliphatic heterocycles. The molecule has 0 bridgehead atoms. The van der Waals surface area contributed by atoms with Crippen LogP contribution in [0.4, 0.5) is 0 Å². The molecule has 0 fully saturated rings. The lowest BCUT2D eigenvalue weighted by atomic mass is 9.86. The van der Waals surface area contributed by atoms with Crippen molar-refractivity contribution in [1.29, 1.82) is 0 Å². The number of ketones is 2. The lowest BCUT2D eigenvalue weighted by Gasteiger charge is -2.17. The summed E-state index contributed by atoms with van der Waals surface area (Å²) in [5.74, 6) is 0.379. The zero-order valence-corrected chi connectivity index (χ0v) is 11.3. The molecule has 2 nitrogen and oxygen atoms in total. The molecule has 96 valence electrons. The average molecular weight is 236 g/mol. The van der Waals surface area contributed by atoms with Gasteiger partial charge in [-0.2, -0.15) is 0 Å². The van der Waals surface area contributed by atoms with Gasteiger partial charge in [-0.1, -0.05) is 33.3 Å². The van der Waals surface area contributed by atoms with Crippen molar-refractivity contribution < 1.29 is 9.59 Å². The van der Waals surface area contributed by atoms with Crippen LogP contribution in [0.5, 0.6) is 0 Å². The second-order valence-electron chi connectivity index (χ2n) is 6.20. The normalized spacial score (nSPS) is 21.4. The molecule has 0 unspecified atom stereocenters. The second kappa shape index (κ2) is 6.13. The van der Waals surface area contributed by atoms with Crippen LogP contribution in [-0.4, -0.2) is 11.6 Å². The molecule has 0 N–H and O–H groups in total. The van der Waals surface area contributed by atoms with Crippen LogP contribution in [0.1, 0.15) is 65.7 Å². The van der Waals surface area contributed by atoms with E-state index in [0.29, 0.717) is 19.3 Å². The van der Waals surface area contributed by atoms with E-state index >= 15 is 0 Å². The van der Waals surface area contributed by atoms with Gasteiger partial charge in [0.2, 0.25) is 0 Å². The Kier molecular flexibility index (Phi) is 5.10. The minimum atomic E-state index is 0.0162. The Balaban J connectivity index is 2.58. The fraction of sp³-hybridized carbons (Fsp3) is 0.733. The van der Waals surface area contributed by atoms with E-state index in [1.54, 1.807) is 0 Å². The molecular formula is C15H24O2. The first-order valence-electron chi connectivity index (χ1n) is 6.62. The van der Waals surface area contributed by atoms with Crippen molar-refractivity contribution in [3.05, 3.63) is 11.6 Å². The highest BCUT2D eigenvalue weighted by molar-refractivity contribution is 6.00. The molecule has 0 aromatic rings. The van der Waals surface area contributed by atoms with Crippen LogP contribution in [0.25, 0.3) is 0 Å². The first-order valence-corrected chi connectivity index (χ1v) is 6.62. The second-order valence-corrected chi connectivity index (χ2v) is 6.20. The quantitative estimate of drug-likeness (QED) is 0.746. The molecule has 2 heteroatoms. The third-order valence-electron chi connectivity index (χ3n) is 2.97. The number of hydrogen-bond donors (Lipinski definition) is 0. The van der Waals surface area contributed by atoms with Crippen molar-refractivity contribution in [1.82, 2.24) is 0 Å². The topological polar surface area (TPSA) is 34.1 Å². The Morgan fingerprint density at radius 1 is 1.24 bits per heavy atom. The first-order chi connectivity index (χ1) is 7.88. The summed E-state index contributed by atoms with van der Waals surface area (Å²) in [6.07, 6.45) is 7.70. The highest BCUT2D eigenvalue weighted by atomic mass is 16.1. The van der Waals surface area contributed by atoms with Gasteiger partial charge in [-0.05, 0) is 30.3 Å². The van der Waals surface area contributed by atoms with E-state index in [1.165, 1.54) is 0 Å². The van der Waals surface area contributed by atoms with Crippen molar-refractivity contribution >= 4 is 11.6 Å². The van der Waals surface area contributed by atoms with Gasteiger partial charge in [-0.25, -0.2) is 0 Å². The van der Waals surface area contributed by atoms with E-state index in [0.717, 1.165) is 31.3 Å². The van der Waals surface area contributed by atoms with E-state index in [2.05, 4.69) is 20.8 Å². The van der Waals surface area contributed by atoms with E-state index in [-0.39, 0.29) is 17.0 Å². The molecule has 0 aromatic heterocycles. The van der Waals surface area contributed by atoms with Gasteiger partial charge in [0, 0.05) is 19.3 Å². The number of carbonyl (C=O) groups is 2. The smallest absolute Gasteiger partial charge is 0.158 e. The van der Waals surface area contributed by atoms with Gasteiger partial charge < -0.3 is 0 Å². The van der Waals surface area contributed by atoms with Crippen LogP contribution < -0.4 is 0 Å². The Morgan fingerprint density at radius 3 is 2.59 bits per heavy atom. The number of hydrogen-bond acceptors (Lipinski definition) is 2. The minimum absolute atomic E-state index is 0.0162. The van der Waals surface area contributed by atoms with Gasteiger partial charge in [-0.3, -0.25) is 9.59 Å². The Labute approximate surface area is 104 Å². The maximum Gasteiger partial charge on any atom is 0.158 e. The van der Waals surface area contributed by atoms with Crippen molar-refractivity contribution in [2.75, 3.05) is 0 Å². The maximum atomic E-state index is 11.9. The molecule has 1 aliphatic rings. The highest BCUT2D eigenvalue weighted by Gasteiger charge is 2.19. The van der Waals surface area contributed by atoms with Crippen molar-refractivity contribution in [2.45, 2.75) is 65.7 Å². The number of Topliss-reactive ketones (excluding diaryl/α,β-unsaturated/α-hetero) is 2. The Bertz CT molecular complexity index is 318. The molecule has 0 amide bonds. The average Bonchev–Trinajstić information content (AvgIpc) is 2.15. The highest BCUT2D eigenvalue weighted by Crippen LogP contribution is 2.23. The predicted molar refractivity (Wildman–Crippen MR) is 69.9 cm³/mol. The molecule has 0 heterocycles. The molecule has 1 aliphatic carbocycles. The molecule has 0 spiro atoms. The summed E-state index contributed by atoms with van der Waals surface area (Å²) < 4.78 is 0. The monoisotopic (exact) mass is 236 g/mol. The summed E-state index contributed by atoms with van der Waals surface area (Å²) in [6.45, 7) is 6.16. The lowest BCUT2D eigenvalue weighted by Crippen LogP contribution is -2.16. The van der Waals surface area contributed by atoms with Crippen molar-refractivity contribution in [2.24, 2.45) is 5.41 Å². The zero-order valence-electron chi connectivity index (χ0n) is 11.3. The predicted octanol–water partition coefficient (Wildman–Crippen LogP) is 3.84. The van der Waals surface area contributed by atoms with Crippen LogP contribution in [0, 0.1) is 5.41 Å². The molecule has 0 radical (unpaired) electrons. The number of allylic oxidation sites excluding steroid dienone is 2. The summed E-state index contributed by atoms with van der Waals surface area (Å²) >= 11 is 0. The van der Waals surface area contributed by atoms with Crippen LogP contribution in [0.3, 0.4) is 0 Å². The molecular weight excluding hydrogens is 212 g/mol. The minimum Gasteiger partial charge on any atom is -0.299 e. The van der Waals surface area contributed by atoms with Gasteiger partial charge in [-0.15, -0.1) is 0 Å². The third-order valence-corrected chi connectivity index (χ3v) is 2.97. The first kappa shape index (κ1) is 14.1. The molecule has 0 aromatic carbocycles. The van der Waals surface area contributed by atoms with Crippen LogP contribution in [0.15, 0.2) is 11.6 Å².